The van der Waals surface area contributed by atoms with E-state index in [1.807, 2.05) is 6.07 Å². The van der Waals surface area contributed by atoms with Crippen LogP contribution in [0.2, 0.25) is 0 Å². The van der Waals surface area contributed by atoms with E-state index in [4.69, 9.17) is 4.74 Å². The Morgan fingerprint density at radius 2 is 2.18 bits per heavy atom. The molecule has 1 fully saturated rings. The van der Waals surface area contributed by atoms with E-state index in [2.05, 4.69) is 24.4 Å². The molecule has 0 bridgehead atoms. The molecule has 2 heteroatoms. The van der Waals surface area contributed by atoms with Crippen LogP contribution >= 0.6 is 0 Å². The molecule has 0 saturated heterocycles. The zero-order valence-electron chi connectivity index (χ0n) is 10.7. The Kier molecular flexibility index (Phi) is 2.73. The maximum atomic E-state index is 5.34. The van der Waals surface area contributed by atoms with E-state index in [-0.39, 0.29) is 0 Å². The van der Waals surface area contributed by atoms with Gasteiger partial charge in [0.05, 0.1) is 7.11 Å². The molecule has 1 aromatic carbocycles. The van der Waals surface area contributed by atoms with E-state index < -0.39 is 0 Å². The van der Waals surface area contributed by atoms with Crippen molar-refractivity contribution in [3.8, 4) is 5.75 Å². The summed E-state index contributed by atoms with van der Waals surface area (Å²) in [6, 6.07) is 6.43. The Morgan fingerprint density at radius 3 is 2.88 bits per heavy atom. The molecule has 0 radical (unpaired) electrons. The summed E-state index contributed by atoms with van der Waals surface area (Å²) in [6.07, 6.45) is 4.19. The first-order chi connectivity index (χ1) is 8.28. The van der Waals surface area contributed by atoms with Gasteiger partial charge in [0.15, 0.2) is 0 Å². The molecule has 1 heterocycles. The highest BCUT2D eigenvalue weighted by molar-refractivity contribution is 5.60. The van der Waals surface area contributed by atoms with Gasteiger partial charge in [-0.05, 0) is 48.4 Å². The van der Waals surface area contributed by atoms with Crippen molar-refractivity contribution < 1.29 is 4.74 Å². The standard InChI is InChI=1S/C15H21NO/c1-10-3-4-11(7-10)14-9-16-15-6-5-12(17-2)8-13(14)15/h5-6,8,10-11,14,16H,3-4,7,9H2,1-2H3. The molecule has 1 aliphatic carbocycles. The second-order valence-corrected chi connectivity index (χ2v) is 5.62. The normalized spacial score (nSPS) is 31.1. The van der Waals surface area contributed by atoms with Gasteiger partial charge in [0.25, 0.3) is 0 Å². The highest BCUT2D eigenvalue weighted by atomic mass is 16.5. The second kappa shape index (κ2) is 4.25. The number of hydrogen-bond donors (Lipinski definition) is 1. The van der Waals surface area contributed by atoms with Crippen molar-refractivity contribution in [1.29, 1.82) is 0 Å². The van der Waals surface area contributed by atoms with Crippen LogP contribution in [0.15, 0.2) is 18.2 Å². The first-order valence-electron chi connectivity index (χ1n) is 6.69. The van der Waals surface area contributed by atoms with E-state index in [0.717, 1.165) is 24.1 Å². The Bertz CT molecular complexity index is 415. The molecule has 1 aliphatic heterocycles. The molecule has 92 valence electrons. The summed E-state index contributed by atoms with van der Waals surface area (Å²) in [5, 5.41) is 3.54. The molecule has 1 saturated carbocycles. The minimum atomic E-state index is 0.699. The fourth-order valence-corrected chi connectivity index (χ4v) is 3.50. The number of nitrogens with one attached hydrogen (secondary N) is 1. The quantitative estimate of drug-likeness (QED) is 0.839. The predicted octanol–water partition coefficient (Wildman–Crippen LogP) is 3.64. The van der Waals surface area contributed by atoms with Crippen LogP contribution in [0.25, 0.3) is 0 Å². The number of rotatable bonds is 2. The van der Waals surface area contributed by atoms with Crippen LogP contribution in [0, 0.1) is 11.8 Å². The molecule has 0 aromatic heterocycles. The van der Waals surface area contributed by atoms with Gasteiger partial charge in [0.2, 0.25) is 0 Å². The van der Waals surface area contributed by atoms with Crippen molar-refractivity contribution in [2.45, 2.75) is 32.1 Å². The molecular weight excluding hydrogens is 210 g/mol. The SMILES string of the molecule is COc1ccc2c(c1)C(C1CCC(C)C1)CN2. The molecule has 1 aromatic rings. The highest BCUT2D eigenvalue weighted by Crippen LogP contribution is 2.45. The van der Waals surface area contributed by atoms with E-state index >= 15 is 0 Å². The van der Waals surface area contributed by atoms with Crippen molar-refractivity contribution in [3.05, 3.63) is 23.8 Å². The van der Waals surface area contributed by atoms with Crippen molar-refractivity contribution >= 4 is 5.69 Å². The maximum Gasteiger partial charge on any atom is 0.119 e. The first-order valence-corrected chi connectivity index (χ1v) is 6.69. The second-order valence-electron chi connectivity index (χ2n) is 5.62. The third kappa shape index (κ3) is 1.90. The highest BCUT2D eigenvalue weighted by Gasteiger charge is 2.34. The monoisotopic (exact) mass is 231 g/mol. The molecule has 2 aliphatic rings. The van der Waals surface area contributed by atoms with Crippen LogP contribution in [-0.2, 0) is 0 Å². The molecule has 0 spiro atoms. The molecule has 2 nitrogen and oxygen atoms in total. The van der Waals surface area contributed by atoms with E-state index in [1.165, 1.54) is 30.5 Å². The van der Waals surface area contributed by atoms with Gasteiger partial charge in [-0.2, -0.15) is 0 Å². The molecule has 1 N–H and O–H groups in total. The zero-order valence-corrected chi connectivity index (χ0v) is 10.7. The zero-order chi connectivity index (χ0) is 11.8. The molecule has 3 rings (SSSR count). The van der Waals surface area contributed by atoms with E-state index in [1.54, 1.807) is 7.11 Å². The van der Waals surface area contributed by atoms with Crippen LogP contribution in [0.5, 0.6) is 5.75 Å². The summed E-state index contributed by atoms with van der Waals surface area (Å²) in [6.45, 7) is 3.49. The van der Waals surface area contributed by atoms with Crippen molar-refractivity contribution in [2.75, 3.05) is 19.0 Å². The van der Waals surface area contributed by atoms with Gasteiger partial charge in [0.1, 0.15) is 5.75 Å². The minimum Gasteiger partial charge on any atom is -0.497 e. The lowest BCUT2D eigenvalue weighted by molar-refractivity contribution is 0.410. The van der Waals surface area contributed by atoms with Crippen LogP contribution < -0.4 is 10.1 Å². The summed E-state index contributed by atoms with van der Waals surface area (Å²) >= 11 is 0. The maximum absolute atomic E-state index is 5.34. The molecule has 3 atom stereocenters. The summed E-state index contributed by atoms with van der Waals surface area (Å²) in [7, 11) is 1.75. The summed E-state index contributed by atoms with van der Waals surface area (Å²) < 4.78 is 5.34. The van der Waals surface area contributed by atoms with Crippen LogP contribution in [-0.4, -0.2) is 13.7 Å². The average molecular weight is 231 g/mol. The summed E-state index contributed by atoms with van der Waals surface area (Å²) in [5.41, 5.74) is 2.79. The third-order valence-corrected chi connectivity index (χ3v) is 4.48. The van der Waals surface area contributed by atoms with E-state index in [9.17, 15) is 0 Å². The van der Waals surface area contributed by atoms with Gasteiger partial charge in [0, 0.05) is 18.2 Å². The van der Waals surface area contributed by atoms with Crippen LogP contribution in [0.3, 0.4) is 0 Å². The first kappa shape index (κ1) is 10.9. The summed E-state index contributed by atoms with van der Waals surface area (Å²) in [4.78, 5) is 0. The van der Waals surface area contributed by atoms with Gasteiger partial charge in [-0.15, -0.1) is 0 Å². The lowest BCUT2D eigenvalue weighted by Crippen LogP contribution is -2.12. The average Bonchev–Trinajstić information content (AvgIpc) is 2.93. The number of ether oxygens (including phenoxy) is 1. The van der Waals surface area contributed by atoms with Crippen LogP contribution in [0.4, 0.5) is 5.69 Å². The lowest BCUT2D eigenvalue weighted by Gasteiger charge is -2.18. The van der Waals surface area contributed by atoms with Gasteiger partial charge in [-0.3, -0.25) is 0 Å². The van der Waals surface area contributed by atoms with Gasteiger partial charge < -0.3 is 10.1 Å². The van der Waals surface area contributed by atoms with Crippen LogP contribution in [0.1, 0.15) is 37.7 Å². The molecule has 17 heavy (non-hydrogen) atoms. The van der Waals surface area contributed by atoms with Gasteiger partial charge in [-0.25, -0.2) is 0 Å². The number of benzene rings is 1. The fourth-order valence-electron chi connectivity index (χ4n) is 3.50. The van der Waals surface area contributed by atoms with Gasteiger partial charge in [-0.1, -0.05) is 13.3 Å². The molecule has 0 amide bonds. The molecular formula is C15H21NO. The minimum absolute atomic E-state index is 0.699. The Balaban J connectivity index is 1.87. The largest absolute Gasteiger partial charge is 0.497 e. The van der Waals surface area contributed by atoms with E-state index in [0.29, 0.717) is 5.92 Å². The number of hydrogen-bond acceptors (Lipinski definition) is 2. The Labute approximate surface area is 103 Å². The lowest BCUT2D eigenvalue weighted by atomic mass is 9.86. The van der Waals surface area contributed by atoms with Crippen molar-refractivity contribution in [2.24, 2.45) is 11.8 Å². The Morgan fingerprint density at radius 1 is 1.29 bits per heavy atom. The third-order valence-electron chi connectivity index (χ3n) is 4.48. The van der Waals surface area contributed by atoms with Crippen molar-refractivity contribution in [1.82, 2.24) is 0 Å². The van der Waals surface area contributed by atoms with Crippen molar-refractivity contribution in [3.63, 3.8) is 0 Å². The fraction of sp³-hybridized carbons (Fsp3) is 0.600. The Hall–Kier alpha value is -1.18. The summed E-state index contributed by atoms with van der Waals surface area (Å²) in [5.74, 6) is 3.47. The molecule has 3 unspecified atom stereocenters. The predicted molar refractivity (Wildman–Crippen MR) is 70.7 cm³/mol. The topological polar surface area (TPSA) is 21.3 Å². The smallest absolute Gasteiger partial charge is 0.119 e. The number of methoxy groups -OCH3 is 1. The van der Waals surface area contributed by atoms with Gasteiger partial charge >= 0.3 is 0 Å². The number of fused-ring (bicyclic) bond motifs is 1. The number of anilines is 1.